The Balaban J connectivity index is 1.72. The van der Waals surface area contributed by atoms with Crippen LogP contribution >= 0.6 is 0 Å². The number of carbonyl (C=O) groups excluding carboxylic acids is 1. The van der Waals surface area contributed by atoms with E-state index in [0.717, 1.165) is 17.0 Å². The van der Waals surface area contributed by atoms with Gasteiger partial charge in [0.25, 0.3) is 5.91 Å². The van der Waals surface area contributed by atoms with Gasteiger partial charge in [-0.2, -0.15) is 5.10 Å². The van der Waals surface area contributed by atoms with E-state index in [4.69, 9.17) is 4.74 Å². The zero-order chi connectivity index (χ0) is 17.1. The molecule has 1 N–H and O–H groups in total. The Morgan fingerprint density at radius 3 is 2.71 bits per heavy atom. The van der Waals surface area contributed by atoms with Gasteiger partial charge in [-0.15, -0.1) is 5.10 Å². The fourth-order valence-electron chi connectivity index (χ4n) is 2.45. The molecule has 8 heteroatoms. The van der Waals surface area contributed by atoms with Gasteiger partial charge in [-0.25, -0.2) is 0 Å². The number of nitrogens with one attached hydrogen (secondary N) is 1. The number of ether oxygens (including phenoxy) is 1. The average Bonchev–Trinajstić information content (AvgIpc) is 3.16. The van der Waals surface area contributed by atoms with Crippen LogP contribution in [0.25, 0.3) is 11.3 Å². The lowest BCUT2D eigenvalue weighted by Gasteiger charge is -2.02. The monoisotopic (exact) mass is 326 g/mol. The third-order valence-corrected chi connectivity index (χ3v) is 3.57. The second-order valence-corrected chi connectivity index (χ2v) is 5.29. The maximum Gasteiger partial charge on any atom is 0.258 e. The summed E-state index contributed by atoms with van der Waals surface area (Å²) in [6.45, 7) is 0.315. The minimum atomic E-state index is -0.254. The molecule has 0 aliphatic carbocycles. The number of hydrogen-bond acceptors (Lipinski definition) is 5. The maximum atomic E-state index is 12.3. The summed E-state index contributed by atoms with van der Waals surface area (Å²) in [6, 6.07) is 5.77. The molecule has 0 unspecified atom stereocenters. The molecular formula is C16H18N6O2. The van der Waals surface area contributed by atoms with Crippen LogP contribution < -0.4 is 10.1 Å². The van der Waals surface area contributed by atoms with Gasteiger partial charge in [0.2, 0.25) is 5.88 Å². The summed E-state index contributed by atoms with van der Waals surface area (Å²) in [7, 11) is 5.09. The van der Waals surface area contributed by atoms with Crippen molar-refractivity contribution in [2.24, 2.45) is 14.1 Å². The highest BCUT2D eigenvalue weighted by Gasteiger charge is 2.16. The molecule has 0 aliphatic rings. The minimum Gasteiger partial charge on any atom is -0.479 e. The van der Waals surface area contributed by atoms with Gasteiger partial charge in [0.15, 0.2) is 0 Å². The zero-order valence-electron chi connectivity index (χ0n) is 13.7. The molecular weight excluding hydrogens is 308 g/mol. The summed E-state index contributed by atoms with van der Waals surface area (Å²) in [5.41, 5.74) is 3.14. The number of methoxy groups -OCH3 is 1. The third kappa shape index (κ3) is 3.12. The van der Waals surface area contributed by atoms with E-state index in [0.29, 0.717) is 18.0 Å². The zero-order valence-corrected chi connectivity index (χ0v) is 13.7. The van der Waals surface area contributed by atoms with Crippen LogP contribution in [-0.4, -0.2) is 37.6 Å². The van der Waals surface area contributed by atoms with Crippen molar-refractivity contribution >= 4 is 5.91 Å². The molecule has 0 saturated heterocycles. The topological polar surface area (TPSA) is 86.9 Å². The van der Waals surface area contributed by atoms with Crippen molar-refractivity contribution in [1.29, 1.82) is 0 Å². The number of amides is 1. The van der Waals surface area contributed by atoms with Crippen molar-refractivity contribution < 1.29 is 9.53 Å². The van der Waals surface area contributed by atoms with E-state index in [1.54, 1.807) is 30.3 Å². The van der Waals surface area contributed by atoms with Gasteiger partial charge in [0, 0.05) is 38.2 Å². The second-order valence-electron chi connectivity index (χ2n) is 5.29. The first kappa shape index (κ1) is 15.7. The van der Waals surface area contributed by atoms with Crippen LogP contribution in [0.3, 0.4) is 0 Å². The Morgan fingerprint density at radius 1 is 1.25 bits per heavy atom. The van der Waals surface area contributed by atoms with Crippen molar-refractivity contribution in [2.75, 3.05) is 7.11 Å². The van der Waals surface area contributed by atoms with Crippen LogP contribution in [0.15, 0.2) is 36.8 Å². The first-order valence-electron chi connectivity index (χ1n) is 7.37. The number of nitrogens with zero attached hydrogens (tertiary/aromatic N) is 5. The lowest BCUT2D eigenvalue weighted by atomic mass is 10.2. The molecule has 0 spiro atoms. The maximum absolute atomic E-state index is 12.3. The van der Waals surface area contributed by atoms with Crippen molar-refractivity contribution in [3.63, 3.8) is 0 Å². The Bertz CT molecular complexity index is 853. The second kappa shape index (κ2) is 6.53. The third-order valence-electron chi connectivity index (χ3n) is 3.57. The number of aryl methyl sites for hydroxylation is 2. The molecule has 0 fully saturated rings. The first-order chi connectivity index (χ1) is 11.6. The van der Waals surface area contributed by atoms with Crippen molar-refractivity contribution in [3.8, 4) is 17.1 Å². The molecule has 0 bridgehead atoms. The molecule has 8 nitrogen and oxygen atoms in total. The van der Waals surface area contributed by atoms with E-state index >= 15 is 0 Å². The Hall–Kier alpha value is -3.16. The summed E-state index contributed by atoms with van der Waals surface area (Å²) in [5, 5.41) is 11.3. The smallest absolute Gasteiger partial charge is 0.258 e. The quantitative estimate of drug-likeness (QED) is 0.760. The van der Waals surface area contributed by atoms with E-state index in [-0.39, 0.29) is 5.91 Å². The van der Waals surface area contributed by atoms with Crippen LogP contribution in [0.4, 0.5) is 0 Å². The lowest BCUT2D eigenvalue weighted by Crippen LogP contribution is -2.23. The van der Waals surface area contributed by atoms with E-state index in [9.17, 15) is 4.79 Å². The summed E-state index contributed by atoms with van der Waals surface area (Å²) in [6.07, 6.45) is 5.09. The lowest BCUT2D eigenvalue weighted by molar-refractivity contribution is 0.0947. The SMILES string of the molecule is COc1nn(C)cc1C(=O)NCc1cc(-c2ccncc2)n(C)n1. The number of rotatable bonds is 5. The Kier molecular flexibility index (Phi) is 4.28. The van der Waals surface area contributed by atoms with E-state index in [1.165, 1.54) is 11.8 Å². The molecule has 0 aliphatic heterocycles. The summed E-state index contributed by atoms with van der Waals surface area (Å²) in [5.74, 6) is 0.0459. The molecule has 3 aromatic heterocycles. The standard InChI is InChI=1S/C16H18N6O2/c1-21-10-13(16(20-21)24-3)15(23)18-9-12-8-14(22(2)19-12)11-4-6-17-7-5-11/h4-8,10H,9H2,1-3H3,(H,18,23). The fraction of sp³-hybridized carbons (Fsp3) is 0.250. The molecule has 0 atom stereocenters. The van der Waals surface area contributed by atoms with Crippen molar-refractivity contribution in [2.45, 2.75) is 6.54 Å². The molecule has 0 aromatic carbocycles. The van der Waals surface area contributed by atoms with Crippen LogP contribution in [0.2, 0.25) is 0 Å². The predicted octanol–water partition coefficient (Wildman–Crippen LogP) is 1.15. The number of hydrogen-bond donors (Lipinski definition) is 1. The van der Waals surface area contributed by atoms with Gasteiger partial charge < -0.3 is 10.1 Å². The highest BCUT2D eigenvalue weighted by atomic mass is 16.5. The summed E-state index contributed by atoms with van der Waals surface area (Å²) in [4.78, 5) is 16.3. The fourth-order valence-corrected chi connectivity index (χ4v) is 2.45. The summed E-state index contributed by atoms with van der Waals surface area (Å²) < 4.78 is 8.42. The van der Waals surface area contributed by atoms with Gasteiger partial charge in [0.05, 0.1) is 25.0 Å². The van der Waals surface area contributed by atoms with Crippen LogP contribution in [0.1, 0.15) is 16.1 Å². The van der Waals surface area contributed by atoms with Gasteiger partial charge in [-0.1, -0.05) is 0 Å². The molecule has 24 heavy (non-hydrogen) atoms. The van der Waals surface area contributed by atoms with Gasteiger partial charge in [-0.3, -0.25) is 19.1 Å². The van der Waals surface area contributed by atoms with E-state index in [1.807, 2.05) is 25.2 Å². The molecule has 1 amide bonds. The molecule has 0 saturated carbocycles. The van der Waals surface area contributed by atoms with Crippen molar-refractivity contribution in [1.82, 2.24) is 29.9 Å². The van der Waals surface area contributed by atoms with Gasteiger partial charge >= 0.3 is 0 Å². The summed E-state index contributed by atoms with van der Waals surface area (Å²) >= 11 is 0. The predicted molar refractivity (Wildman–Crippen MR) is 87.4 cm³/mol. The van der Waals surface area contributed by atoms with Crippen LogP contribution in [-0.2, 0) is 20.6 Å². The van der Waals surface area contributed by atoms with Crippen LogP contribution in [0, 0.1) is 0 Å². The molecule has 3 rings (SSSR count). The van der Waals surface area contributed by atoms with Gasteiger partial charge in [0.1, 0.15) is 5.56 Å². The van der Waals surface area contributed by atoms with Gasteiger partial charge in [-0.05, 0) is 18.2 Å². The minimum absolute atomic E-state index is 0.254. The largest absolute Gasteiger partial charge is 0.479 e. The van der Waals surface area contributed by atoms with E-state index < -0.39 is 0 Å². The van der Waals surface area contributed by atoms with Crippen molar-refractivity contribution in [3.05, 3.63) is 48.0 Å². The normalized spacial score (nSPS) is 10.6. The molecule has 124 valence electrons. The Labute approximate surface area is 139 Å². The van der Waals surface area contributed by atoms with E-state index in [2.05, 4.69) is 20.5 Å². The average molecular weight is 326 g/mol. The molecule has 3 heterocycles. The first-order valence-corrected chi connectivity index (χ1v) is 7.37. The molecule has 0 radical (unpaired) electrons. The number of pyridine rings is 1. The molecule has 3 aromatic rings. The number of carbonyl (C=O) groups is 1. The highest BCUT2D eigenvalue weighted by molar-refractivity contribution is 5.96. The Morgan fingerprint density at radius 2 is 2.00 bits per heavy atom. The highest BCUT2D eigenvalue weighted by Crippen LogP contribution is 2.19. The van der Waals surface area contributed by atoms with Crippen LogP contribution in [0.5, 0.6) is 5.88 Å². The number of aromatic nitrogens is 5.